The number of aryl methyl sites for hydroxylation is 1. The molecule has 8 nitrogen and oxygen atoms in total. The Labute approximate surface area is 222 Å². The van der Waals surface area contributed by atoms with Gasteiger partial charge in [0.05, 0.1) is 17.7 Å². The van der Waals surface area contributed by atoms with Gasteiger partial charge in [0.2, 0.25) is 11.8 Å². The maximum Gasteiger partial charge on any atom is 0.264 e. The molecule has 0 aliphatic carbocycles. The van der Waals surface area contributed by atoms with E-state index < -0.39 is 28.5 Å². The first-order chi connectivity index (χ1) is 17.6. The molecule has 3 aromatic rings. The van der Waals surface area contributed by atoms with E-state index in [0.29, 0.717) is 16.5 Å². The maximum atomic E-state index is 13.7. The monoisotopic (exact) mass is 543 g/mol. The zero-order valence-electron chi connectivity index (χ0n) is 21.1. The molecule has 2 amide bonds. The summed E-state index contributed by atoms with van der Waals surface area (Å²) in [5, 5.41) is 2.95. The second kappa shape index (κ2) is 12.1. The first-order valence-corrected chi connectivity index (χ1v) is 13.4. The number of halogens is 1. The Morgan fingerprint density at radius 3 is 2.24 bits per heavy atom. The number of likely N-dealkylation sites (N-methyl/N-ethyl adjacent to an activating group) is 1. The first kappa shape index (κ1) is 28.0. The van der Waals surface area contributed by atoms with Crippen LogP contribution in [-0.4, -0.2) is 51.9 Å². The summed E-state index contributed by atoms with van der Waals surface area (Å²) in [5.74, 6) is -0.254. The zero-order valence-corrected chi connectivity index (χ0v) is 22.7. The molecule has 0 radical (unpaired) electrons. The largest absolute Gasteiger partial charge is 0.497 e. The van der Waals surface area contributed by atoms with Gasteiger partial charge in [-0.3, -0.25) is 13.9 Å². The lowest BCUT2D eigenvalue weighted by atomic mass is 10.1. The van der Waals surface area contributed by atoms with Crippen molar-refractivity contribution in [2.24, 2.45) is 0 Å². The maximum absolute atomic E-state index is 13.7. The summed E-state index contributed by atoms with van der Waals surface area (Å²) in [6.07, 6.45) is 0. The van der Waals surface area contributed by atoms with Crippen LogP contribution in [0.15, 0.2) is 77.7 Å². The molecular formula is C27H30ClN3O5S. The van der Waals surface area contributed by atoms with Crippen molar-refractivity contribution in [2.45, 2.75) is 31.3 Å². The molecule has 0 saturated carbocycles. The van der Waals surface area contributed by atoms with Gasteiger partial charge in [-0.05, 0) is 73.5 Å². The molecule has 37 heavy (non-hydrogen) atoms. The van der Waals surface area contributed by atoms with E-state index in [-0.39, 0.29) is 17.3 Å². The third-order valence-electron chi connectivity index (χ3n) is 5.90. The Bertz CT molecular complexity index is 1350. The zero-order chi connectivity index (χ0) is 27.2. The van der Waals surface area contributed by atoms with Gasteiger partial charge in [0, 0.05) is 18.6 Å². The summed E-state index contributed by atoms with van der Waals surface area (Å²) in [6.45, 7) is 3.03. The van der Waals surface area contributed by atoms with E-state index in [1.54, 1.807) is 56.5 Å². The molecule has 0 fully saturated rings. The van der Waals surface area contributed by atoms with Crippen LogP contribution in [0.1, 0.15) is 18.1 Å². The summed E-state index contributed by atoms with van der Waals surface area (Å²) in [7, 11) is -1.10. The number of carbonyl (C=O) groups excluding carboxylic acids is 2. The molecular weight excluding hydrogens is 514 g/mol. The summed E-state index contributed by atoms with van der Waals surface area (Å²) in [5.41, 5.74) is 1.92. The van der Waals surface area contributed by atoms with Gasteiger partial charge in [-0.15, -0.1) is 0 Å². The van der Waals surface area contributed by atoms with Crippen molar-refractivity contribution in [1.29, 1.82) is 0 Å². The molecule has 0 aliphatic rings. The molecule has 0 heterocycles. The number of anilines is 1. The fourth-order valence-corrected chi connectivity index (χ4v) is 5.30. The smallest absolute Gasteiger partial charge is 0.264 e. The van der Waals surface area contributed by atoms with Gasteiger partial charge in [-0.25, -0.2) is 8.42 Å². The standard InChI is InChI=1S/C27H30ClN3O5S/c1-19-6-5-7-23(16-19)31(37(34,35)25-14-10-22(28)11-15-25)18-26(32)30(20(2)27(33)29-3)17-21-8-12-24(36-4)13-9-21/h5-16,20H,17-18H2,1-4H3,(H,29,33). The van der Waals surface area contributed by atoms with Crippen molar-refractivity contribution in [3.8, 4) is 5.75 Å². The Balaban J connectivity index is 2.01. The highest BCUT2D eigenvalue weighted by atomic mass is 35.5. The number of hydrogen-bond donors (Lipinski definition) is 1. The van der Waals surface area contributed by atoms with Gasteiger partial charge >= 0.3 is 0 Å². The number of carbonyl (C=O) groups is 2. The number of amides is 2. The Hall–Kier alpha value is -3.56. The number of benzene rings is 3. The summed E-state index contributed by atoms with van der Waals surface area (Å²) < 4.78 is 33.7. The fraction of sp³-hybridized carbons (Fsp3) is 0.259. The third-order valence-corrected chi connectivity index (χ3v) is 7.94. The van der Waals surface area contributed by atoms with Crippen LogP contribution in [0.5, 0.6) is 5.75 Å². The Morgan fingerprint density at radius 1 is 1.03 bits per heavy atom. The lowest BCUT2D eigenvalue weighted by Crippen LogP contribution is -2.50. The highest BCUT2D eigenvalue weighted by Crippen LogP contribution is 2.26. The SMILES string of the molecule is CNC(=O)C(C)N(Cc1ccc(OC)cc1)C(=O)CN(c1cccc(C)c1)S(=O)(=O)c1ccc(Cl)cc1. The van der Waals surface area contributed by atoms with Gasteiger partial charge in [-0.1, -0.05) is 35.9 Å². The van der Waals surface area contributed by atoms with E-state index in [9.17, 15) is 18.0 Å². The van der Waals surface area contributed by atoms with E-state index in [1.807, 2.05) is 13.0 Å². The minimum atomic E-state index is -4.14. The number of sulfonamides is 1. The number of nitrogens with one attached hydrogen (secondary N) is 1. The van der Waals surface area contributed by atoms with Crippen molar-refractivity contribution in [1.82, 2.24) is 10.2 Å². The average Bonchev–Trinajstić information content (AvgIpc) is 2.89. The van der Waals surface area contributed by atoms with E-state index in [0.717, 1.165) is 15.4 Å². The summed E-state index contributed by atoms with van der Waals surface area (Å²) in [6, 6.07) is 18.9. The Morgan fingerprint density at radius 2 is 1.68 bits per heavy atom. The van der Waals surface area contributed by atoms with Gasteiger partial charge in [0.1, 0.15) is 18.3 Å². The molecule has 0 bridgehead atoms. The molecule has 10 heteroatoms. The molecule has 1 unspecified atom stereocenters. The Kier molecular flexibility index (Phi) is 9.18. The summed E-state index contributed by atoms with van der Waals surface area (Å²) >= 11 is 5.96. The van der Waals surface area contributed by atoms with Gasteiger partial charge < -0.3 is 15.0 Å². The van der Waals surface area contributed by atoms with Crippen molar-refractivity contribution in [2.75, 3.05) is 25.0 Å². The minimum absolute atomic E-state index is 0.00717. The number of methoxy groups -OCH3 is 1. The van der Waals surface area contributed by atoms with E-state index in [4.69, 9.17) is 16.3 Å². The minimum Gasteiger partial charge on any atom is -0.497 e. The molecule has 1 N–H and O–H groups in total. The van der Waals surface area contributed by atoms with E-state index >= 15 is 0 Å². The van der Waals surface area contributed by atoms with Crippen LogP contribution in [0.2, 0.25) is 5.02 Å². The quantitative estimate of drug-likeness (QED) is 0.417. The lowest BCUT2D eigenvalue weighted by Gasteiger charge is -2.32. The average molecular weight is 544 g/mol. The number of hydrogen-bond acceptors (Lipinski definition) is 5. The highest BCUT2D eigenvalue weighted by molar-refractivity contribution is 7.92. The first-order valence-electron chi connectivity index (χ1n) is 11.6. The van der Waals surface area contributed by atoms with E-state index in [2.05, 4.69) is 5.32 Å². The molecule has 0 aliphatic heterocycles. The van der Waals surface area contributed by atoms with Crippen LogP contribution in [0, 0.1) is 6.92 Å². The van der Waals surface area contributed by atoms with Crippen molar-refractivity contribution >= 4 is 39.1 Å². The highest BCUT2D eigenvalue weighted by Gasteiger charge is 2.32. The summed E-state index contributed by atoms with van der Waals surface area (Å²) in [4.78, 5) is 27.6. The fourth-order valence-electron chi connectivity index (χ4n) is 3.76. The molecule has 196 valence electrons. The molecule has 0 aromatic heterocycles. The molecule has 3 aromatic carbocycles. The van der Waals surface area contributed by atoms with Gasteiger partial charge in [0.25, 0.3) is 10.0 Å². The lowest BCUT2D eigenvalue weighted by molar-refractivity contribution is -0.139. The van der Waals surface area contributed by atoms with E-state index in [1.165, 1.54) is 36.2 Å². The van der Waals surface area contributed by atoms with Gasteiger partial charge in [0.15, 0.2) is 0 Å². The van der Waals surface area contributed by atoms with Crippen LogP contribution in [0.4, 0.5) is 5.69 Å². The number of nitrogens with zero attached hydrogens (tertiary/aromatic N) is 2. The second-order valence-electron chi connectivity index (χ2n) is 8.46. The van der Waals surface area contributed by atoms with Crippen molar-refractivity contribution in [3.05, 3.63) is 88.9 Å². The number of rotatable bonds is 10. The molecule has 1 atom stereocenters. The second-order valence-corrected chi connectivity index (χ2v) is 10.8. The van der Waals surface area contributed by atoms with Crippen molar-refractivity contribution < 1.29 is 22.7 Å². The predicted molar refractivity (Wildman–Crippen MR) is 144 cm³/mol. The number of ether oxygens (including phenoxy) is 1. The molecule has 3 rings (SSSR count). The topological polar surface area (TPSA) is 96.0 Å². The van der Waals surface area contributed by atoms with Crippen molar-refractivity contribution in [3.63, 3.8) is 0 Å². The van der Waals surface area contributed by atoms with Crippen LogP contribution >= 0.6 is 11.6 Å². The third kappa shape index (κ3) is 6.81. The normalized spacial score (nSPS) is 11.9. The van der Waals surface area contributed by atoms with Crippen LogP contribution < -0.4 is 14.4 Å². The van der Waals surface area contributed by atoms with Gasteiger partial charge in [-0.2, -0.15) is 0 Å². The predicted octanol–water partition coefficient (Wildman–Crippen LogP) is 4.02. The molecule has 0 spiro atoms. The van der Waals surface area contributed by atoms with Crippen LogP contribution in [0.25, 0.3) is 0 Å². The van der Waals surface area contributed by atoms with Crippen LogP contribution in [-0.2, 0) is 26.2 Å². The van der Waals surface area contributed by atoms with Crippen LogP contribution in [0.3, 0.4) is 0 Å². The molecule has 0 saturated heterocycles.